The summed E-state index contributed by atoms with van der Waals surface area (Å²) in [5.74, 6) is 0. The quantitative estimate of drug-likeness (QED) is 0.863. The van der Waals surface area contributed by atoms with Crippen LogP contribution < -0.4 is 5.32 Å². The summed E-state index contributed by atoms with van der Waals surface area (Å²) in [7, 11) is 1.17. The van der Waals surface area contributed by atoms with Gasteiger partial charge in [0.05, 0.1) is 17.8 Å². The lowest BCUT2D eigenvalue weighted by atomic mass is 10.2. The van der Waals surface area contributed by atoms with Crippen LogP contribution in [-0.2, 0) is 25.9 Å². The molecule has 0 amide bonds. The fourth-order valence-electron chi connectivity index (χ4n) is 1.85. The van der Waals surface area contributed by atoms with E-state index in [-0.39, 0.29) is 12.2 Å². The highest BCUT2D eigenvalue weighted by Gasteiger charge is 2.34. The van der Waals surface area contributed by atoms with Gasteiger partial charge in [0.2, 0.25) is 0 Å². The number of aryl methyl sites for hydroxylation is 1. The van der Waals surface area contributed by atoms with Gasteiger partial charge in [-0.25, -0.2) is 0 Å². The van der Waals surface area contributed by atoms with Crippen LogP contribution in [0.1, 0.15) is 17.0 Å². The third-order valence-corrected chi connectivity index (χ3v) is 2.91. The van der Waals surface area contributed by atoms with Crippen molar-refractivity contribution < 1.29 is 26.3 Å². The molecule has 1 aromatic carbocycles. The number of hydrogen-bond acceptors (Lipinski definition) is 2. The van der Waals surface area contributed by atoms with Crippen LogP contribution in [0, 0.1) is 0 Å². The molecule has 2 aromatic rings. The summed E-state index contributed by atoms with van der Waals surface area (Å²) in [5.41, 5.74) is -1.20. The van der Waals surface area contributed by atoms with Crippen molar-refractivity contribution in [3.05, 3.63) is 47.3 Å². The van der Waals surface area contributed by atoms with Crippen molar-refractivity contribution in [2.75, 3.05) is 5.32 Å². The van der Waals surface area contributed by atoms with Crippen LogP contribution >= 0.6 is 0 Å². The predicted molar refractivity (Wildman–Crippen MR) is 67.0 cm³/mol. The molecule has 0 radical (unpaired) electrons. The first kappa shape index (κ1) is 16.2. The maximum Gasteiger partial charge on any atom is 0.433 e. The van der Waals surface area contributed by atoms with E-state index in [1.165, 1.54) is 19.2 Å². The van der Waals surface area contributed by atoms with Gasteiger partial charge in [0.25, 0.3) is 0 Å². The normalized spacial score (nSPS) is 12.5. The van der Waals surface area contributed by atoms with Crippen molar-refractivity contribution in [3.8, 4) is 0 Å². The molecular weight excluding hydrogens is 312 g/mol. The highest BCUT2D eigenvalue weighted by atomic mass is 19.4. The number of nitrogens with one attached hydrogen (secondary N) is 1. The summed E-state index contributed by atoms with van der Waals surface area (Å²) in [6.07, 6.45) is -8.94. The highest BCUT2D eigenvalue weighted by Crippen LogP contribution is 2.31. The molecule has 9 heteroatoms. The molecule has 0 saturated carbocycles. The van der Waals surface area contributed by atoms with Gasteiger partial charge in [-0.2, -0.15) is 31.4 Å². The van der Waals surface area contributed by atoms with Gasteiger partial charge >= 0.3 is 12.4 Å². The minimum Gasteiger partial charge on any atom is -0.379 e. The molecule has 1 heterocycles. The van der Waals surface area contributed by atoms with Crippen LogP contribution in [0.2, 0.25) is 0 Å². The monoisotopic (exact) mass is 323 g/mol. The molecule has 0 unspecified atom stereocenters. The summed E-state index contributed by atoms with van der Waals surface area (Å²) in [6.45, 7) is -0.0325. The Morgan fingerprint density at radius 2 is 1.59 bits per heavy atom. The third kappa shape index (κ3) is 3.71. The molecule has 1 N–H and O–H groups in total. The summed E-state index contributed by atoms with van der Waals surface area (Å²) in [6, 6.07) is 5.08. The number of rotatable bonds is 3. The molecule has 0 aliphatic carbocycles. The van der Waals surface area contributed by atoms with Gasteiger partial charge in [0.15, 0.2) is 0 Å². The Balaban J connectivity index is 2.05. The van der Waals surface area contributed by atoms with Crippen LogP contribution in [0.5, 0.6) is 0 Å². The van der Waals surface area contributed by atoms with Crippen molar-refractivity contribution >= 4 is 5.69 Å². The van der Waals surface area contributed by atoms with E-state index in [4.69, 9.17) is 0 Å². The largest absolute Gasteiger partial charge is 0.433 e. The van der Waals surface area contributed by atoms with Crippen LogP contribution in [-0.4, -0.2) is 9.78 Å². The van der Waals surface area contributed by atoms with E-state index in [9.17, 15) is 26.3 Å². The molecule has 0 aliphatic rings. The lowest BCUT2D eigenvalue weighted by Crippen LogP contribution is -2.11. The molecule has 22 heavy (non-hydrogen) atoms. The van der Waals surface area contributed by atoms with Gasteiger partial charge in [0.1, 0.15) is 5.69 Å². The summed E-state index contributed by atoms with van der Waals surface area (Å²) in [5, 5.41) is 6.42. The standard InChI is InChI=1S/C13H11F6N3/c1-22-11(13(17,18)19)6-10(21-22)7-20-9-4-2-8(3-5-9)12(14,15)16/h2-6,20H,7H2,1H3. The first-order valence-electron chi connectivity index (χ1n) is 6.08. The number of anilines is 1. The van der Waals surface area contributed by atoms with Crippen molar-refractivity contribution in [3.63, 3.8) is 0 Å². The van der Waals surface area contributed by atoms with Gasteiger partial charge in [-0.15, -0.1) is 0 Å². The van der Waals surface area contributed by atoms with Crippen LogP contribution in [0.25, 0.3) is 0 Å². The second-order valence-electron chi connectivity index (χ2n) is 4.57. The van der Waals surface area contributed by atoms with Crippen LogP contribution in [0.15, 0.2) is 30.3 Å². The lowest BCUT2D eigenvalue weighted by Gasteiger charge is -2.08. The Kier molecular flexibility index (Phi) is 4.08. The van der Waals surface area contributed by atoms with Crippen molar-refractivity contribution in [2.45, 2.75) is 18.9 Å². The number of halogens is 6. The molecule has 0 bridgehead atoms. The Bertz CT molecular complexity index is 639. The molecule has 0 saturated heterocycles. The van der Waals surface area contributed by atoms with Gasteiger partial charge in [-0.05, 0) is 30.3 Å². The van der Waals surface area contributed by atoms with E-state index >= 15 is 0 Å². The number of benzene rings is 1. The van der Waals surface area contributed by atoms with Gasteiger partial charge < -0.3 is 5.32 Å². The number of hydrogen-bond donors (Lipinski definition) is 1. The Morgan fingerprint density at radius 3 is 2.05 bits per heavy atom. The minimum absolute atomic E-state index is 0.0325. The van der Waals surface area contributed by atoms with E-state index in [0.29, 0.717) is 10.4 Å². The predicted octanol–water partition coefficient (Wildman–Crippen LogP) is 4.07. The average Bonchev–Trinajstić information content (AvgIpc) is 2.77. The molecule has 2 rings (SSSR count). The Hall–Kier alpha value is -2.19. The molecule has 0 spiro atoms. The summed E-state index contributed by atoms with van der Waals surface area (Å²) < 4.78 is 75.7. The molecule has 3 nitrogen and oxygen atoms in total. The zero-order chi connectivity index (χ0) is 16.5. The van der Waals surface area contributed by atoms with E-state index in [0.717, 1.165) is 18.2 Å². The Morgan fingerprint density at radius 1 is 1.00 bits per heavy atom. The minimum atomic E-state index is -4.51. The Labute approximate surface area is 121 Å². The van der Waals surface area contributed by atoms with Gasteiger partial charge in [0, 0.05) is 12.7 Å². The van der Waals surface area contributed by atoms with E-state index < -0.39 is 23.6 Å². The second-order valence-corrected chi connectivity index (χ2v) is 4.57. The fourth-order valence-corrected chi connectivity index (χ4v) is 1.85. The van der Waals surface area contributed by atoms with Crippen LogP contribution in [0.3, 0.4) is 0 Å². The maximum atomic E-state index is 12.6. The highest BCUT2D eigenvalue weighted by molar-refractivity contribution is 5.45. The number of aromatic nitrogens is 2. The summed E-state index contributed by atoms with van der Waals surface area (Å²) in [4.78, 5) is 0. The van der Waals surface area contributed by atoms with Gasteiger partial charge in [-0.3, -0.25) is 4.68 Å². The molecular formula is C13H11F6N3. The van der Waals surface area contributed by atoms with Gasteiger partial charge in [-0.1, -0.05) is 0 Å². The zero-order valence-corrected chi connectivity index (χ0v) is 11.3. The molecule has 0 atom stereocenters. The second kappa shape index (κ2) is 5.54. The molecule has 0 fully saturated rings. The smallest absolute Gasteiger partial charge is 0.379 e. The third-order valence-electron chi connectivity index (χ3n) is 2.91. The zero-order valence-electron chi connectivity index (χ0n) is 11.3. The fraction of sp³-hybridized carbons (Fsp3) is 0.308. The van der Waals surface area contributed by atoms with E-state index in [2.05, 4.69) is 10.4 Å². The number of alkyl halides is 6. The average molecular weight is 323 g/mol. The van der Waals surface area contributed by atoms with E-state index in [1.54, 1.807) is 0 Å². The topological polar surface area (TPSA) is 29.9 Å². The van der Waals surface area contributed by atoms with Crippen LogP contribution in [0.4, 0.5) is 32.0 Å². The number of nitrogens with zero attached hydrogens (tertiary/aromatic N) is 2. The molecule has 0 aliphatic heterocycles. The van der Waals surface area contributed by atoms with Crippen molar-refractivity contribution in [2.24, 2.45) is 7.05 Å². The maximum absolute atomic E-state index is 12.6. The summed E-state index contributed by atoms with van der Waals surface area (Å²) >= 11 is 0. The van der Waals surface area contributed by atoms with E-state index in [1.807, 2.05) is 0 Å². The molecule has 1 aromatic heterocycles. The first-order chi connectivity index (χ1) is 10.1. The first-order valence-corrected chi connectivity index (χ1v) is 6.08. The molecule has 120 valence electrons. The van der Waals surface area contributed by atoms with Crippen molar-refractivity contribution in [1.29, 1.82) is 0 Å². The SMILES string of the molecule is Cn1nc(CNc2ccc(C(F)(F)F)cc2)cc1C(F)(F)F. The lowest BCUT2D eigenvalue weighted by molar-refractivity contribution is -0.143. The van der Waals surface area contributed by atoms with Crippen molar-refractivity contribution in [1.82, 2.24) is 9.78 Å².